The van der Waals surface area contributed by atoms with Crippen LogP contribution in [0.1, 0.15) is 26.3 Å². The first-order valence-electron chi connectivity index (χ1n) is 35.4. The van der Waals surface area contributed by atoms with Gasteiger partial charge in [0.15, 0.2) is 0 Å². The summed E-state index contributed by atoms with van der Waals surface area (Å²) < 4.78 is 0. The Balaban J connectivity index is 0.940. The molecule has 0 saturated heterocycles. The average molecular weight is 1320 g/mol. The third-order valence-corrected chi connectivity index (χ3v) is 22.1. The largest absolute Gasteiger partial charge is 0.311 e. The van der Waals surface area contributed by atoms with E-state index in [0.717, 1.165) is 113 Å². The molecule has 5 nitrogen and oxygen atoms in total. The Bertz CT molecular complexity index is 5590. The van der Waals surface area contributed by atoms with Crippen molar-refractivity contribution in [3.8, 4) is 33.4 Å². The summed E-state index contributed by atoms with van der Waals surface area (Å²) in [6.07, 6.45) is 0. The Hall–Kier alpha value is -12.2. The fraction of sp³-hybridized carbons (Fsp3) is 0.0426. The highest BCUT2D eigenvalue weighted by molar-refractivity contribution is 8.00. The number of anilines is 15. The molecule has 482 valence electrons. The van der Waals surface area contributed by atoms with Crippen molar-refractivity contribution in [2.75, 3.05) is 24.5 Å². The summed E-state index contributed by atoms with van der Waals surface area (Å²) in [6, 6.07) is 136. The molecule has 0 amide bonds. The normalized spacial score (nSPS) is 12.9. The smallest absolute Gasteiger partial charge is 0.252 e. The number of fused-ring (bicyclic) bond motifs is 8. The van der Waals surface area contributed by atoms with Crippen molar-refractivity contribution >= 4 is 143 Å². The molecule has 0 atom stereocenters. The predicted octanol–water partition coefficient (Wildman–Crippen LogP) is 21.8. The highest BCUT2D eigenvalue weighted by Crippen LogP contribution is 2.55. The molecule has 0 saturated carbocycles. The molecule has 0 fully saturated rings. The number of hydrogen-bond donors (Lipinski definition) is 0. The van der Waals surface area contributed by atoms with Gasteiger partial charge in [-0.15, -0.1) is 0 Å². The number of nitrogens with zero attached hydrogens (tertiary/aromatic N) is 5. The van der Waals surface area contributed by atoms with Crippen LogP contribution in [0.3, 0.4) is 0 Å². The summed E-state index contributed by atoms with van der Waals surface area (Å²) >= 11 is 1.90. The first kappa shape index (κ1) is 60.9. The van der Waals surface area contributed by atoms with E-state index in [4.69, 9.17) is 0 Å². The van der Waals surface area contributed by atoms with Gasteiger partial charge in [0.25, 0.3) is 6.71 Å². The quantitative estimate of drug-likeness (QED) is 0.113. The standard InChI is InChI=1S/C94H69B2N5S/c1-94(2,3)67-56-54-66(55-57-67)75-46-25-28-51-82(75)98(70-40-19-8-20-41-70)74-60-88-92-90(61-74)102-89-53-30-27-50-79(89)96(92)80-62-81-85(63-84(80)100(88)72-44-23-10-24-45-72)101(93-76(64-32-11-4-12-33-64)47-31-48-77(93)65-34-13-5-14-35-65)87-59-73(97(68-36-15-6-16-37-68)69-38-17-7-18-39-69)58-86-91(87)95(81)78-49-26-29-52-83(78)99(86)71-42-21-9-22-43-71/h4-63H,1-3H3. The molecule has 0 radical (unpaired) electrons. The third kappa shape index (κ3) is 10.2. The van der Waals surface area contributed by atoms with E-state index in [1.165, 1.54) is 53.7 Å². The van der Waals surface area contributed by atoms with Gasteiger partial charge in [0.05, 0.1) is 17.1 Å². The summed E-state index contributed by atoms with van der Waals surface area (Å²) in [5.74, 6) is 0. The molecule has 15 aromatic carbocycles. The van der Waals surface area contributed by atoms with E-state index < -0.39 is 0 Å². The van der Waals surface area contributed by atoms with E-state index in [1.54, 1.807) is 0 Å². The van der Waals surface area contributed by atoms with E-state index in [1.807, 2.05) is 11.8 Å². The van der Waals surface area contributed by atoms with E-state index in [9.17, 15) is 0 Å². The Morgan fingerprint density at radius 1 is 0.275 bits per heavy atom. The van der Waals surface area contributed by atoms with Gasteiger partial charge >= 0.3 is 0 Å². The second-order valence-electron chi connectivity index (χ2n) is 27.9. The van der Waals surface area contributed by atoms with E-state index in [-0.39, 0.29) is 18.8 Å². The summed E-state index contributed by atoms with van der Waals surface area (Å²) in [4.78, 5) is 15.3. The minimum atomic E-state index is -0.214. The molecule has 0 aromatic heterocycles. The van der Waals surface area contributed by atoms with Crippen LogP contribution >= 0.6 is 11.8 Å². The fourth-order valence-electron chi connectivity index (χ4n) is 16.5. The topological polar surface area (TPSA) is 16.2 Å². The summed E-state index contributed by atoms with van der Waals surface area (Å²) in [6.45, 7) is 6.51. The summed E-state index contributed by atoms with van der Waals surface area (Å²) in [7, 11) is 0. The molecule has 4 heterocycles. The second kappa shape index (κ2) is 24.9. The van der Waals surface area contributed by atoms with Gasteiger partial charge < -0.3 is 24.5 Å². The monoisotopic (exact) mass is 1320 g/mol. The maximum atomic E-state index is 2.69. The molecule has 0 bridgehead atoms. The Morgan fingerprint density at radius 2 is 0.696 bits per heavy atom. The predicted molar refractivity (Wildman–Crippen MR) is 435 cm³/mol. The van der Waals surface area contributed by atoms with Gasteiger partial charge in [-0.2, -0.15) is 0 Å². The highest BCUT2D eigenvalue weighted by atomic mass is 32.2. The summed E-state index contributed by atoms with van der Waals surface area (Å²) in [5, 5.41) is 0. The maximum absolute atomic E-state index is 2.69. The van der Waals surface area contributed by atoms with E-state index in [0.29, 0.717) is 0 Å². The maximum Gasteiger partial charge on any atom is 0.252 e. The molecular formula is C94H69B2N5S. The van der Waals surface area contributed by atoms with Gasteiger partial charge in [0.2, 0.25) is 6.71 Å². The minimum Gasteiger partial charge on any atom is -0.311 e. The van der Waals surface area contributed by atoms with Gasteiger partial charge in [-0.1, -0.05) is 293 Å². The van der Waals surface area contributed by atoms with Crippen LogP contribution in [0.15, 0.2) is 374 Å². The van der Waals surface area contributed by atoms with Crippen LogP contribution in [0.25, 0.3) is 33.4 Å². The van der Waals surface area contributed by atoms with Crippen molar-refractivity contribution in [1.29, 1.82) is 0 Å². The van der Waals surface area contributed by atoms with Crippen molar-refractivity contribution in [2.45, 2.75) is 36.0 Å². The van der Waals surface area contributed by atoms with Crippen molar-refractivity contribution in [2.24, 2.45) is 0 Å². The van der Waals surface area contributed by atoms with Crippen LogP contribution in [0.5, 0.6) is 0 Å². The third-order valence-electron chi connectivity index (χ3n) is 21.0. The fourth-order valence-corrected chi connectivity index (χ4v) is 17.7. The molecule has 0 spiro atoms. The molecule has 4 aliphatic heterocycles. The molecule has 102 heavy (non-hydrogen) atoms. The zero-order chi connectivity index (χ0) is 68.0. The highest BCUT2D eigenvalue weighted by Gasteiger charge is 2.49. The average Bonchev–Trinajstić information content (AvgIpc) is 0.684. The first-order valence-corrected chi connectivity index (χ1v) is 36.2. The van der Waals surface area contributed by atoms with E-state index >= 15 is 0 Å². The molecular weight excluding hydrogens is 1250 g/mol. The number of para-hydroxylation sites is 8. The second-order valence-corrected chi connectivity index (χ2v) is 29.0. The Kier molecular flexibility index (Phi) is 14.9. The molecule has 0 aliphatic carbocycles. The molecule has 19 rings (SSSR count). The van der Waals surface area contributed by atoms with E-state index in [2.05, 4.69) is 409 Å². The van der Waals surface area contributed by atoms with Gasteiger partial charge in [-0.25, -0.2) is 0 Å². The van der Waals surface area contributed by atoms with Crippen molar-refractivity contribution < 1.29 is 0 Å². The lowest BCUT2D eigenvalue weighted by molar-refractivity contribution is 0.590. The zero-order valence-corrected chi connectivity index (χ0v) is 57.8. The zero-order valence-electron chi connectivity index (χ0n) is 56.9. The van der Waals surface area contributed by atoms with Crippen molar-refractivity contribution in [1.82, 2.24) is 0 Å². The lowest BCUT2D eigenvalue weighted by Gasteiger charge is -2.47. The lowest BCUT2D eigenvalue weighted by Crippen LogP contribution is -2.64. The SMILES string of the molecule is CC(C)(C)c1ccc(-c2ccccc2N(c2ccccc2)c2cc3c4c(c2)N(c2ccccc2)c2cc5c(cc2B4c2ccccc2S3)B2c3ccccc3N(c3ccccc3)c3cc(N(c4ccccc4)c4ccccc4)cc(c32)N5c2c(-c3ccccc3)cccc2-c2ccccc2)cc1. The molecule has 8 heteroatoms. The van der Waals surface area contributed by atoms with Crippen LogP contribution in [-0.2, 0) is 5.41 Å². The van der Waals surface area contributed by atoms with Crippen molar-refractivity contribution in [3.05, 3.63) is 370 Å². The summed E-state index contributed by atoms with van der Waals surface area (Å²) in [5.41, 5.74) is 32.2. The molecule has 15 aromatic rings. The van der Waals surface area contributed by atoms with Gasteiger partial charge in [0, 0.05) is 94.7 Å². The van der Waals surface area contributed by atoms with Gasteiger partial charge in [0.1, 0.15) is 0 Å². The van der Waals surface area contributed by atoms with Crippen molar-refractivity contribution in [3.63, 3.8) is 0 Å². The number of benzene rings is 15. The molecule has 0 unspecified atom stereocenters. The lowest BCUT2D eigenvalue weighted by atomic mass is 9.30. The van der Waals surface area contributed by atoms with Gasteiger partial charge in [-0.05, 0) is 164 Å². The molecule has 0 N–H and O–H groups in total. The van der Waals surface area contributed by atoms with Gasteiger partial charge in [-0.3, -0.25) is 0 Å². The number of rotatable bonds is 12. The van der Waals surface area contributed by atoms with Crippen LogP contribution in [-0.4, -0.2) is 13.4 Å². The van der Waals surface area contributed by atoms with Crippen LogP contribution in [0.2, 0.25) is 0 Å². The Morgan fingerprint density at radius 3 is 1.27 bits per heavy atom. The minimum absolute atomic E-state index is 0.0156. The van der Waals surface area contributed by atoms with Crippen LogP contribution in [0.4, 0.5) is 85.3 Å². The first-order chi connectivity index (χ1) is 50.3. The van der Waals surface area contributed by atoms with Crippen LogP contribution < -0.4 is 57.3 Å². The molecule has 4 aliphatic rings. The Labute approximate surface area is 602 Å². The van der Waals surface area contributed by atoms with Crippen LogP contribution in [0, 0.1) is 0 Å². The number of hydrogen-bond acceptors (Lipinski definition) is 6.